The average molecular weight is 220 g/mol. The molecule has 0 aliphatic rings. The van der Waals surface area contributed by atoms with Crippen LogP contribution >= 0.6 is 11.6 Å². The lowest BCUT2D eigenvalue weighted by Gasteiger charge is -1.98. The molecule has 0 saturated heterocycles. The van der Waals surface area contributed by atoms with E-state index in [2.05, 4.69) is 15.5 Å². The number of hydrogen-bond donors (Lipinski definition) is 1. The first-order chi connectivity index (χ1) is 6.86. The molecule has 0 unspecified atom stereocenters. The predicted molar refractivity (Wildman–Crippen MR) is 53.7 cm³/mol. The third kappa shape index (κ3) is 3.93. The molecule has 0 spiro atoms. The molecular weight excluding hydrogens is 206 g/mol. The largest absolute Gasteiger partial charge is 0.408 e. The molecule has 1 aromatic heterocycles. The van der Waals surface area contributed by atoms with Crippen LogP contribution in [0.25, 0.3) is 0 Å². The Morgan fingerprint density at radius 2 is 2.36 bits per heavy atom. The first-order valence-corrected chi connectivity index (χ1v) is 5.01. The van der Waals surface area contributed by atoms with Crippen LogP contribution in [-0.4, -0.2) is 36.3 Å². The summed E-state index contributed by atoms with van der Waals surface area (Å²) in [7, 11) is 1.64. The van der Waals surface area contributed by atoms with Gasteiger partial charge in [-0.25, -0.2) is 0 Å². The molecule has 1 N–H and O–H groups in total. The van der Waals surface area contributed by atoms with Crippen molar-refractivity contribution in [1.29, 1.82) is 0 Å². The van der Waals surface area contributed by atoms with Gasteiger partial charge in [0, 0.05) is 26.0 Å². The van der Waals surface area contributed by atoms with Crippen molar-refractivity contribution in [3.8, 4) is 0 Å². The Labute approximate surface area is 87.8 Å². The van der Waals surface area contributed by atoms with E-state index in [1.54, 1.807) is 7.11 Å². The predicted octanol–water partition coefficient (Wildman–Crippen LogP) is 1.30. The average Bonchev–Trinajstić information content (AvgIpc) is 2.63. The molecule has 0 aliphatic heterocycles. The maximum absolute atomic E-state index is 5.54. The first-order valence-electron chi connectivity index (χ1n) is 4.48. The molecule has 1 rings (SSSR count). The van der Waals surface area contributed by atoms with Crippen LogP contribution < -0.4 is 5.32 Å². The van der Waals surface area contributed by atoms with E-state index in [0.29, 0.717) is 30.9 Å². The highest BCUT2D eigenvalue weighted by molar-refractivity contribution is 6.17. The maximum Gasteiger partial charge on any atom is 0.315 e. The Kier molecular flexibility index (Phi) is 5.32. The summed E-state index contributed by atoms with van der Waals surface area (Å²) >= 11 is 5.54. The van der Waals surface area contributed by atoms with Gasteiger partial charge in [-0.15, -0.1) is 16.7 Å². The number of methoxy groups -OCH3 is 1. The Morgan fingerprint density at radius 3 is 3.07 bits per heavy atom. The van der Waals surface area contributed by atoms with Crippen LogP contribution in [-0.2, 0) is 11.2 Å². The molecule has 1 heterocycles. The number of aromatic nitrogens is 2. The van der Waals surface area contributed by atoms with E-state index in [1.807, 2.05) is 0 Å². The number of anilines is 1. The highest BCUT2D eigenvalue weighted by Gasteiger charge is 2.03. The number of ether oxygens (including phenoxy) is 1. The van der Waals surface area contributed by atoms with E-state index in [4.69, 9.17) is 20.8 Å². The van der Waals surface area contributed by atoms with Crippen LogP contribution in [0.4, 0.5) is 6.01 Å². The van der Waals surface area contributed by atoms with Gasteiger partial charge in [0.2, 0.25) is 5.89 Å². The van der Waals surface area contributed by atoms with Gasteiger partial charge in [-0.1, -0.05) is 5.10 Å². The van der Waals surface area contributed by atoms with Gasteiger partial charge in [0.1, 0.15) is 0 Å². The van der Waals surface area contributed by atoms with E-state index < -0.39 is 0 Å². The van der Waals surface area contributed by atoms with Gasteiger partial charge in [-0.05, 0) is 6.42 Å². The van der Waals surface area contributed by atoms with E-state index in [1.165, 1.54) is 0 Å². The number of aryl methyl sites for hydroxylation is 1. The van der Waals surface area contributed by atoms with Gasteiger partial charge in [-0.2, -0.15) is 0 Å². The SMILES string of the molecule is COCCNc1nnc(CCCCl)o1. The van der Waals surface area contributed by atoms with Gasteiger partial charge < -0.3 is 14.5 Å². The second-order valence-corrected chi connectivity index (χ2v) is 3.09. The molecule has 5 nitrogen and oxygen atoms in total. The Balaban J connectivity index is 2.27. The fourth-order valence-electron chi connectivity index (χ4n) is 0.904. The van der Waals surface area contributed by atoms with Crippen molar-refractivity contribution in [3.05, 3.63) is 5.89 Å². The van der Waals surface area contributed by atoms with Crippen LogP contribution in [0.1, 0.15) is 12.3 Å². The third-order valence-electron chi connectivity index (χ3n) is 1.57. The minimum Gasteiger partial charge on any atom is -0.408 e. The summed E-state index contributed by atoms with van der Waals surface area (Å²) in [4.78, 5) is 0. The van der Waals surface area contributed by atoms with Crippen molar-refractivity contribution in [1.82, 2.24) is 10.2 Å². The Morgan fingerprint density at radius 1 is 1.50 bits per heavy atom. The highest BCUT2D eigenvalue weighted by atomic mass is 35.5. The van der Waals surface area contributed by atoms with Crippen LogP contribution in [0.3, 0.4) is 0 Å². The topological polar surface area (TPSA) is 60.2 Å². The fraction of sp³-hybridized carbons (Fsp3) is 0.750. The summed E-state index contributed by atoms with van der Waals surface area (Å²) in [5, 5.41) is 10.6. The number of rotatable bonds is 7. The number of halogens is 1. The zero-order valence-electron chi connectivity index (χ0n) is 8.12. The van der Waals surface area contributed by atoms with Gasteiger partial charge in [0.25, 0.3) is 0 Å². The summed E-state index contributed by atoms with van der Waals surface area (Å²) in [6, 6.07) is 0.437. The van der Waals surface area contributed by atoms with E-state index in [-0.39, 0.29) is 0 Å². The van der Waals surface area contributed by atoms with Crippen molar-refractivity contribution in [2.45, 2.75) is 12.8 Å². The van der Waals surface area contributed by atoms with Gasteiger partial charge >= 0.3 is 6.01 Å². The van der Waals surface area contributed by atoms with Crippen molar-refractivity contribution in [3.63, 3.8) is 0 Å². The lowest BCUT2D eigenvalue weighted by molar-refractivity contribution is 0.210. The fourth-order valence-corrected chi connectivity index (χ4v) is 1.04. The van der Waals surface area contributed by atoms with Crippen molar-refractivity contribution >= 4 is 17.6 Å². The molecule has 0 bridgehead atoms. The minimum absolute atomic E-state index is 0.437. The lowest BCUT2D eigenvalue weighted by atomic mass is 10.3. The number of hydrogen-bond acceptors (Lipinski definition) is 5. The smallest absolute Gasteiger partial charge is 0.315 e. The second-order valence-electron chi connectivity index (χ2n) is 2.71. The molecule has 1 aromatic rings. The van der Waals surface area contributed by atoms with Gasteiger partial charge in [0.05, 0.1) is 6.61 Å². The molecular formula is C8H14ClN3O2. The Hall–Kier alpha value is -0.810. The number of nitrogens with zero attached hydrogens (tertiary/aromatic N) is 2. The molecule has 14 heavy (non-hydrogen) atoms. The van der Waals surface area contributed by atoms with E-state index >= 15 is 0 Å². The van der Waals surface area contributed by atoms with Crippen LogP contribution in [0.2, 0.25) is 0 Å². The highest BCUT2D eigenvalue weighted by Crippen LogP contribution is 2.07. The van der Waals surface area contributed by atoms with Crippen molar-refractivity contribution in [2.75, 3.05) is 31.5 Å². The summed E-state index contributed by atoms with van der Waals surface area (Å²) < 4.78 is 10.2. The second kappa shape index (κ2) is 6.62. The molecule has 0 aromatic carbocycles. The first kappa shape index (κ1) is 11.3. The minimum atomic E-state index is 0.437. The monoisotopic (exact) mass is 219 g/mol. The maximum atomic E-state index is 5.54. The van der Waals surface area contributed by atoms with Crippen LogP contribution in [0.5, 0.6) is 0 Å². The zero-order chi connectivity index (χ0) is 10.2. The molecule has 0 amide bonds. The summed E-state index contributed by atoms with van der Waals surface area (Å²) in [6.07, 6.45) is 1.57. The molecule has 0 radical (unpaired) electrons. The summed E-state index contributed by atoms with van der Waals surface area (Å²) in [5.74, 6) is 1.22. The van der Waals surface area contributed by atoms with Gasteiger partial charge in [-0.3, -0.25) is 0 Å². The molecule has 0 saturated carbocycles. The number of nitrogens with one attached hydrogen (secondary N) is 1. The van der Waals surface area contributed by atoms with Crippen LogP contribution in [0, 0.1) is 0 Å². The quantitative estimate of drug-likeness (QED) is 0.553. The lowest BCUT2D eigenvalue weighted by Crippen LogP contribution is -2.07. The summed E-state index contributed by atoms with van der Waals surface area (Å²) in [6.45, 7) is 1.27. The van der Waals surface area contributed by atoms with Crippen LogP contribution in [0.15, 0.2) is 4.42 Å². The Bertz CT molecular complexity index is 254. The molecule has 0 atom stereocenters. The van der Waals surface area contributed by atoms with Gasteiger partial charge in [0.15, 0.2) is 0 Å². The molecule has 6 heteroatoms. The normalized spacial score (nSPS) is 10.4. The van der Waals surface area contributed by atoms with Crippen molar-refractivity contribution in [2.24, 2.45) is 0 Å². The molecule has 0 fully saturated rings. The molecule has 80 valence electrons. The van der Waals surface area contributed by atoms with E-state index in [9.17, 15) is 0 Å². The molecule has 0 aliphatic carbocycles. The van der Waals surface area contributed by atoms with E-state index in [0.717, 1.165) is 12.8 Å². The standard InChI is InChI=1S/C8H14ClN3O2/c1-13-6-5-10-8-12-11-7(14-8)3-2-4-9/h2-6H2,1H3,(H,10,12). The zero-order valence-corrected chi connectivity index (χ0v) is 8.88. The van der Waals surface area contributed by atoms with Crippen molar-refractivity contribution < 1.29 is 9.15 Å². The summed E-state index contributed by atoms with van der Waals surface area (Å²) in [5.41, 5.74) is 0. The third-order valence-corrected chi connectivity index (χ3v) is 1.84. The number of alkyl halides is 1.